The number of hydrogen-bond donors (Lipinski definition) is 0. The third-order valence-corrected chi connectivity index (χ3v) is 3.65. The standard InChI is InChI=1S/C12H20N4O/c1-2-5-15(6-3-1)10-12-14-13-11-4-8-17-9-7-16(11)12/h1-10H2. The highest BCUT2D eigenvalue weighted by Crippen LogP contribution is 2.14. The lowest BCUT2D eigenvalue weighted by molar-refractivity contribution is 0.138. The van der Waals surface area contributed by atoms with Gasteiger partial charge in [-0.25, -0.2) is 0 Å². The minimum absolute atomic E-state index is 0.780. The maximum absolute atomic E-state index is 5.48. The molecule has 1 aromatic rings. The minimum atomic E-state index is 0.780. The molecule has 0 atom stereocenters. The average Bonchev–Trinajstić information content (AvgIpc) is 2.61. The van der Waals surface area contributed by atoms with Gasteiger partial charge in [-0.05, 0) is 25.9 Å². The normalized spacial score (nSPS) is 22.1. The van der Waals surface area contributed by atoms with Crippen molar-refractivity contribution in [3.63, 3.8) is 0 Å². The monoisotopic (exact) mass is 236 g/mol. The van der Waals surface area contributed by atoms with E-state index in [9.17, 15) is 0 Å². The number of fused-ring (bicyclic) bond motifs is 1. The second kappa shape index (κ2) is 5.14. The first-order chi connectivity index (χ1) is 8.43. The number of piperidine rings is 1. The van der Waals surface area contributed by atoms with E-state index in [1.807, 2.05) is 0 Å². The predicted molar refractivity (Wildman–Crippen MR) is 63.7 cm³/mol. The zero-order valence-electron chi connectivity index (χ0n) is 10.3. The van der Waals surface area contributed by atoms with Crippen molar-refractivity contribution in [2.75, 3.05) is 26.3 Å². The Morgan fingerprint density at radius 2 is 1.88 bits per heavy atom. The maximum Gasteiger partial charge on any atom is 0.147 e. The first-order valence-electron chi connectivity index (χ1n) is 6.64. The van der Waals surface area contributed by atoms with Gasteiger partial charge in [0.05, 0.1) is 19.8 Å². The van der Waals surface area contributed by atoms with Gasteiger partial charge in [0, 0.05) is 13.0 Å². The molecule has 3 heterocycles. The molecule has 0 amide bonds. The summed E-state index contributed by atoms with van der Waals surface area (Å²) >= 11 is 0. The number of rotatable bonds is 2. The highest BCUT2D eigenvalue weighted by Gasteiger charge is 2.18. The summed E-state index contributed by atoms with van der Waals surface area (Å²) in [5.74, 6) is 2.21. The Morgan fingerprint density at radius 3 is 2.76 bits per heavy atom. The summed E-state index contributed by atoms with van der Waals surface area (Å²) in [6.45, 7) is 5.84. The Bertz CT molecular complexity index is 371. The smallest absolute Gasteiger partial charge is 0.147 e. The van der Waals surface area contributed by atoms with Crippen LogP contribution in [0, 0.1) is 0 Å². The van der Waals surface area contributed by atoms with Crippen LogP contribution < -0.4 is 0 Å². The van der Waals surface area contributed by atoms with Crippen LogP contribution in [0.5, 0.6) is 0 Å². The van der Waals surface area contributed by atoms with E-state index in [4.69, 9.17) is 4.74 Å². The van der Waals surface area contributed by atoms with E-state index in [1.54, 1.807) is 0 Å². The summed E-state index contributed by atoms with van der Waals surface area (Å²) in [5, 5.41) is 8.64. The van der Waals surface area contributed by atoms with Gasteiger partial charge in [-0.15, -0.1) is 10.2 Å². The molecule has 0 aliphatic carbocycles. The second-order valence-corrected chi connectivity index (χ2v) is 4.88. The van der Waals surface area contributed by atoms with Crippen molar-refractivity contribution in [3.05, 3.63) is 11.6 Å². The summed E-state index contributed by atoms with van der Waals surface area (Å²) < 4.78 is 7.73. The van der Waals surface area contributed by atoms with Crippen molar-refractivity contribution in [1.82, 2.24) is 19.7 Å². The maximum atomic E-state index is 5.48. The lowest BCUT2D eigenvalue weighted by Crippen LogP contribution is -2.30. The van der Waals surface area contributed by atoms with E-state index in [-0.39, 0.29) is 0 Å². The molecule has 0 aromatic carbocycles. The Balaban J connectivity index is 1.71. The number of ether oxygens (including phenoxy) is 1. The van der Waals surface area contributed by atoms with E-state index in [0.717, 1.165) is 44.4 Å². The molecule has 94 valence electrons. The fourth-order valence-electron chi connectivity index (χ4n) is 2.67. The first kappa shape index (κ1) is 11.2. The number of aromatic nitrogens is 3. The third kappa shape index (κ3) is 2.50. The van der Waals surface area contributed by atoms with Crippen LogP contribution in [0.15, 0.2) is 0 Å². The highest BCUT2D eigenvalue weighted by molar-refractivity contribution is 4.98. The predicted octanol–water partition coefficient (Wildman–Crippen LogP) is 0.837. The number of hydrogen-bond acceptors (Lipinski definition) is 4. The van der Waals surface area contributed by atoms with Crippen LogP contribution in [0.4, 0.5) is 0 Å². The molecule has 0 saturated carbocycles. The van der Waals surface area contributed by atoms with E-state index in [2.05, 4.69) is 19.7 Å². The van der Waals surface area contributed by atoms with Gasteiger partial charge in [-0.3, -0.25) is 4.90 Å². The molecule has 1 aromatic heterocycles. The molecule has 5 nitrogen and oxygen atoms in total. The Morgan fingerprint density at radius 1 is 1.00 bits per heavy atom. The van der Waals surface area contributed by atoms with Gasteiger partial charge < -0.3 is 9.30 Å². The van der Waals surface area contributed by atoms with E-state index >= 15 is 0 Å². The van der Waals surface area contributed by atoms with Crippen molar-refractivity contribution in [3.8, 4) is 0 Å². The molecule has 2 aliphatic rings. The molecule has 1 saturated heterocycles. The van der Waals surface area contributed by atoms with Crippen LogP contribution in [0.1, 0.15) is 30.9 Å². The molecule has 2 aliphatic heterocycles. The van der Waals surface area contributed by atoms with Crippen molar-refractivity contribution in [2.45, 2.75) is 38.8 Å². The van der Waals surface area contributed by atoms with Gasteiger partial charge in [-0.1, -0.05) is 6.42 Å². The molecule has 3 rings (SSSR count). The van der Waals surface area contributed by atoms with Crippen LogP contribution in [-0.2, 0) is 24.2 Å². The minimum Gasteiger partial charge on any atom is -0.379 e. The molecule has 0 N–H and O–H groups in total. The van der Waals surface area contributed by atoms with Gasteiger partial charge in [-0.2, -0.15) is 0 Å². The van der Waals surface area contributed by atoms with Crippen LogP contribution in [-0.4, -0.2) is 46.0 Å². The molecule has 0 unspecified atom stereocenters. The van der Waals surface area contributed by atoms with Crippen LogP contribution in [0.3, 0.4) is 0 Å². The zero-order chi connectivity index (χ0) is 11.5. The molecule has 0 radical (unpaired) electrons. The summed E-state index contributed by atoms with van der Waals surface area (Å²) in [4.78, 5) is 2.49. The molecular formula is C12H20N4O. The average molecular weight is 236 g/mol. The quantitative estimate of drug-likeness (QED) is 0.763. The molecular weight excluding hydrogens is 216 g/mol. The van der Waals surface area contributed by atoms with E-state index < -0.39 is 0 Å². The Labute approximate surface area is 102 Å². The summed E-state index contributed by atoms with van der Waals surface area (Å²) in [5.41, 5.74) is 0. The van der Waals surface area contributed by atoms with Crippen molar-refractivity contribution < 1.29 is 4.74 Å². The van der Waals surface area contributed by atoms with Gasteiger partial charge in [0.15, 0.2) is 0 Å². The third-order valence-electron chi connectivity index (χ3n) is 3.65. The first-order valence-corrected chi connectivity index (χ1v) is 6.64. The summed E-state index contributed by atoms with van der Waals surface area (Å²) in [6.07, 6.45) is 4.92. The van der Waals surface area contributed by atoms with E-state index in [1.165, 1.54) is 32.4 Å². The second-order valence-electron chi connectivity index (χ2n) is 4.88. The Kier molecular flexibility index (Phi) is 3.38. The van der Waals surface area contributed by atoms with Crippen molar-refractivity contribution >= 4 is 0 Å². The van der Waals surface area contributed by atoms with Gasteiger partial charge >= 0.3 is 0 Å². The largest absolute Gasteiger partial charge is 0.379 e. The van der Waals surface area contributed by atoms with Crippen molar-refractivity contribution in [1.29, 1.82) is 0 Å². The fourth-order valence-corrected chi connectivity index (χ4v) is 2.67. The SMILES string of the molecule is C1CCN(Cc2nnc3n2CCOCC3)CC1. The lowest BCUT2D eigenvalue weighted by Gasteiger charge is -2.25. The molecule has 5 heteroatoms. The molecule has 17 heavy (non-hydrogen) atoms. The molecule has 0 bridgehead atoms. The van der Waals surface area contributed by atoms with Crippen LogP contribution in [0.25, 0.3) is 0 Å². The summed E-state index contributed by atoms with van der Waals surface area (Å²) in [7, 11) is 0. The topological polar surface area (TPSA) is 43.2 Å². The van der Waals surface area contributed by atoms with Gasteiger partial charge in [0.1, 0.15) is 11.6 Å². The zero-order valence-corrected chi connectivity index (χ0v) is 10.3. The number of likely N-dealkylation sites (tertiary alicyclic amines) is 1. The van der Waals surface area contributed by atoms with Crippen molar-refractivity contribution in [2.24, 2.45) is 0 Å². The van der Waals surface area contributed by atoms with E-state index in [0.29, 0.717) is 0 Å². The highest BCUT2D eigenvalue weighted by atomic mass is 16.5. The van der Waals surface area contributed by atoms with Crippen LogP contribution >= 0.6 is 0 Å². The lowest BCUT2D eigenvalue weighted by atomic mass is 10.1. The van der Waals surface area contributed by atoms with Gasteiger partial charge in [0.25, 0.3) is 0 Å². The molecule has 0 spiro atoms. The summed E-state index contributed by atoms with van der Waals surface area (Å²) in [6, 6.07) is 0. The number of nitrogens with zero attached hydrogens (tertiary/aromatic N) is 4. The van der Waals surface area contributed by atoms with Crippen LogP contribution in [0.2, 0.25) is 0 Å². The van der Waals surface area contributed by atoms with Gasteiger partial charge in [0.2, 0.25) is 0 Å². The fraction of sp³-hybridized carbons (Fsp3) is 0.833. The Hall–Kier alpha value is -0.940. The molecule has 1 fully saturated rings.